The Morgan fingerprint density at radius 3 is 2.55 bits per heavy atom. The fourth-order valence-corrected chi connectivity index (χ4v) is 6.64. The minimum absolute atomic E-state index is 0.0446. The molecule has 0 unspecified atom stereocenters. The van der Waals surface area contributed by atoms with Crippen molar-refractivity contribution in [1.82, 2.24) is 28.9 Å². The van der Waals surface area contributed by atoms with Crippen LogP contribution in [-0.4, -0.2) is 77.6 Å². The first-order valence-electron chi connectivity index (χ1n) is 14.2. The number of likely N-dealkylation sites (tertiary alicyclic amines) is 2. The lowest BCUT2D eigenvalue weighted by Crippen LogP contribution is -2.53. The Hall–Kier alpha value is -3.83. The second-order valence-electron chi connectivity index (χ2n) is 11.4. The summed E-state index contributed by atoms with van der Waals surface area (Å²) in [5.41, 5.74) is 0.704. The summed E-state index contributed by atoms with van der Waals surface area (Å²) in [5.74, 6) is -0.551. The third-order valence-electron chi connectivity index (χ3n) is 8.71. The van der Waals surface area contributed by atoms with Crippen LogP contribution in [0, 0.1) is 5.92 Å². The number of rotatable bonds is 5. The molecule has 2 aliphatic rings. The first-order valence-corrected chi connectivity index (χ1v) is 15.0. The zero-order valence-corrected chi connectivity index (χ0v) is 25.0. The number of aromatic nitrogens is 4. The number of fused-ring (bicyclic) bond motifs is 1. The van der Waals surface area contributed by atoms with Crippen LogP contribution >= 0.6 is 15.9 Å². The number of nitrogens with zero attached hydrogens (tertiary/aromatic N) is 6. The zero-order chi connectivity index (χ0) is 29.4. The van der Waals surface area contributed by atoms with Gasteiger partial charge in [-0.1, -0.05) is 46.3 Å². The SMILES string of the molecule is Cn1ccc2c(=O)n(CC3(O)CCN(C(=O)[C@@H]4CCN(C(=O)c5cc(Br)ccn5)C[C@H]4c4ccccc4)CC3)cnc21. The molecule has 0 bridgehead atoms. The van der Waals surface area contributed by atoms with Crippen molar-refractivity contribution in [2.45, 2.75) is 37.3 Å². The van der Waals surface area contributed by atoms with E-state index >= 15 is 0 Å². The highest BCUT2D eigenvalue weighted by molar-refractivity contribution is 9.10. The lowest BCUT2D eigenvalue weighted by atomic mass is 9.79. The van der Waals surface area contributed by atoms with Crippen molar-refractivity contribution >= 4 is 38.8 Å². The number of benzene rings is 1. The third kappa shape index (κ3) is 5.50. The third-order valence-corrected chi connectivity index (χ3v) is 9.20. The molecule has 2 aliphatic heterocycles. The van der Waals surface area contributed by atoms with Crippen molar-refractivity contribution in [1.29, 1.82) is 0 Å². The quantitative estimate of drug-likeness (QED) is 0.362. The molecule has 0 radical (unpaired) electrons. The molecule has 5 heterocycles. The van der Waals surface area contributed by atoms with Gasteiger partial charge in [0.2, 0.25) is 5.91 Å². The van der Waals surface area contributed by atoms with E-state index in [9.17, 15) is 19.5 Å². The van der Waals surface area contributed by atoms with Crippen molar-refractivity contribution in [2.24, 2.45) is 13.0 Å². The first-order chi connectivity index (χ1) is 20.2. The smallest absolute Gasteiger partial charge is 0.272 e. The van der Waals surface area contributed by atoms with Crippen LogP contribution in [0.25, 0.3) is 11.0 Å². The van der Waals surface area contributed by atoms with Gasteiger partial charge in [0.25, 0.3) is 11.5 Å². The minimum Gasteiger partial charge on any atom is -0.388 e. The average molecular weight is 634 g/mol. The van der Waals surface area contributed by atoms with Gasteiger partial charge in [0.1, 0.15) is 17.7 Å². The minimum atomic E-state index is -1.11. The molecule has 42 heavy (non-hydrogen) atoms. The summed E-state index contributed by atoms with van der Waals surface area (Å²) in [6.45, 7) is 1.80. The number of hydrogen-bond donors (Lipinski definition) is 1. The molecule has 6 rings (SSSR count). The Morgan fingerprint density at radius 1 is 1.05 bits per heavy atom. The van der Waals surface area contributed by atoms with Crippen molar-refractivity contribution in [3.05, 3.63) is 93.3 Å². The van der Waals surface area contributed by atoms with Crippen LogP contribution in [0.15, 0.2) is 76.5 Å². The van der Waals surface area contributed by atoms with Gasteiger partial charge in [-0.3, -0.25) is 23.9 Å². The summed E-state index contributed by atoms with van der Waals surface area (Å²) >= 11 is 3.42. The van der Waals surface area contributed by atoms with Crippen LogP contribution in [0.1, 0.15) is 41.2 Å². The number of amides is 2. The van der Waals surface area contributed by atoms with Gasteiger partial charge in [0.05, 0.1) is 17.5 Å². The molecule has 0 aliphatic carbocycles. The lowest BCUT2D eigenvalue weighted by Gasteiger charge is -2.43. The van der Waals surface area contributed by atoms with Crippen LogP contribution in [0.3, 0.4) is 0 Å². The molecule has 10 nitrogen and oxygen atoms in total. The number of aryl methyl sites for hydroxylation is 1. The van der Waals surface area contributed by atoms with Crippen molar-refractivity contribution in [2.75, 3.05) is 26.2 Å². The maximum atomic E-state index is 14.0. The number of hydrogen-bond acceptors (Lipinski definition) is 6. The van der Waals surface area contributed by atoms with E-state index < -0.39 is 5.60 Å². The number of aliphatic hydroxyl groups is 1. The summed E-state index contributed by atoms with van der Waals surface area (Å²) in [7, 11) is 1.84. The van der Waals surface area contributed by atoms with Gasteiger partial charge in [-0.25, -0.2) is 4.98 Å². The number of piperidine rings is 2. The molecule has 218 valence electrons. The molecule has 2 saturated heterocycles. The van der Waals surface area contributed by atoms with E-state index in [1.54, 1.807) is 40.1 Å². The highest BCUT2D eigenvalue weighted by atomic mass is 79.9. The highest BCUT2D eigenvalue weighted by Crippen LogP contribution is 2.36. The molecule has 2 atom stereocenters. The maximum absolute atomic E-state index is 14.0. The van der Waals surface area contributed by atoms with Crippen molar-refractivity contribution in [3.8, 4) is 0 Å². The first kappa shape index (κ1) is 28.3. The standard InChI is InChI=1S/C31H33BrN6O4/c1-35-13-8-24-27(35)34-20-38(29(24)40)19-31(42)10-15-36(16-11-31)28(39)23-9-14-37(18-25(23)21-5-3-2-4-6-21)30(41)26-17-22(32)7-12-33-26/h2-8,12-13,17,20,23,25,42H,9-11,14-16,18-19H2,1H3/t23-,25+/m1/s1. The van der Waals surface area contributed by atoms with Crippen LogP contribution < -0.4 is 5.56 Å². The van der Waals surface area contributed by atoms with E-state index in [1.807, 2.05) is 42.3 Å². The van der Waals surface area contributed by atoms with Gasteiger partial charge in [-0.15, -0.1) is 0 Å². The Morgan fingerprint density at radius 2 is 1.81 bits per heavy atom. The average Bonchev–Trinajstić information content (AvgIpc) is 3.39. The van der Waals surface area contributed by atoms with Gasteiger partial charge in [-0.05, 0) is 43.0 Å². The lowest BCUT2D eigenvalue weighted by molar-refractivity contribution is -0.142. The molecule has 11 heteroatoms. The van der Waals surface area contributed by atoms with Crippen LogP contribution in [0.2, 0.25) is 0 Å². The number of pyridine rings is 1. The van der Waals surface area contributed by atoms with Gasteiger partial charge in [-0.2, -0.15) is 0 Å². The summed E-state index contributed by atoms with van der Waals surface area (Å²) < 4.78 is 4.05. The second-order valence-corrected chi connectivity index (χ2v) is 12.3. The highest BCUT2D eigenvalue weighted by Gasteiger charge is 2.41. The Balaban J connectivity index is 1.15. The molecule has 2 fully saturated rings. The van der Waals surface area contributed by atoms with Crippen LogP contribution in [0.5, 0.6) is 0 Å². The summed E-state index contributed by atoms with van der Waals surface area (Å²) in [5, 5.41) is 11.9. The normalized spacial score (nSPS) is 20.5. The fourth-order valence-electron chi connectivity index (χ4n) is 6.30. The molecule has 4 aromatic rings. The summed E-state index contributed by atoms with van der Waals surface area (Å²) in [6, 6.07) is 15.1. The Bertz CT molecular complexity index is 1680. The van der Waals surface area contributed by atoms with Crippen molar-refractivity contribution in [3.63, 3.8) is 0 Å². The maximum Gasteiger partial charge on any atom is 0.272 e. The topological polar surface area (TPSA) is 114 Å². The van der Waals surface area contributed by atoms with E-state index in [-0.39, 0.29) is 35.8 Å². The zero-order valence-electron chi connectivity index (χ0n) is 23.4. The van der Waals surface area contributed by atoms with E-state index in [4.69, 9.17) is 0 Å². The van der Waals surface area contributed by atoms with E-state index in [0.29, 0.717) is 62.2 Å². The summed E-state index contributed by atoms with van der Waals surface area (Å²) in [6.07, 6.45) is 6.15. The molecular weight excluding hydrogens is 600 g/mol. The molecule has 1 N–H and O–H groups in total. The molecular formula is C31H33BrN6O4. The Labute approximate surface area is 251 Å². The van der Waals surface area contributed by atoms with Gasteiger partial charge >= 0.3 is 0 Å². The predicted octanol–water partition coefficient (Wildman–Crippen LogP) is 3.19. The Kier molecular flexibility index (Phi) is 7.71. The fraction of sp³-hybridized carbons (Fsp3) is 0.387. The van der Waals surface area contributed by atoms with Crippen LogP contribution in [-0.2, 0) is 18.4 Å². The van der Waals surface area contributed by atoms with Gasteiger partial charge < -0.3 is 19.5 Å². The number of carbonyl (C=O) groups is 2. The largest absolute Gasteiger partial charge is 0.388 e. The van der Waals surface area contributed by atoms with E-state index in [0.717, 1.165) is 10.0 Å². The van der Waals surface area contributed by atoms with Crippen molar-refractivity contribution < 1.29 is 14.7 Å². The predicted molar refractivity (Wildman–Crippen MR) is 161 cm³/mol. The van der Waals surface area contributed by atoms with Gasteiger partial charge in [0, 0.05) is 61.9 Å². The summed E-state index contributed by atoms with van der Waals surface area (Å²) in [4.78, 5) is 52.5. The molecule has 2 amide bonds. The molecule has 1 aromatic carbocycles. The second kappa shape index (κ2) is 11.4. The van der Waals surface area contributed by atoms with Crippen LogP contribution in [0.4, 0.5) is 0 Å². The monoisotopic (exact) mass is 632 g/mol. The van der Waals surface area contributed by atoms with E-state index in [2.05, 4.69) is 25.9 Å². The van der Waals surface area contributed by atoms with Gasteiger partial charge in [0.15, 0.2) is 0 Å². The molecule has 0 spiro atoms. The number of halogens is 1. The number of carbonyl (C=O) groups excluding carboxylic acids is 2. The van der Waals surface area contributed by atoms with E-state index in [1.165, 1.54) is 10.9 Å². The molecule has 0 saturated carbocycles. The molecule has 3 aromatic heterocycles.